The van der Waals surface area contributed by atoms with Gasteiger partial charge in [0.2, 0.25) is 5.79 Å². The summed E-state index contributed by atoms with van der Waals surface area (Å²) >= 11 is 0. The van der Waals surface area contributed by atoms with Crippen molar-refractivity contribution in [2.75, 3.05) is 19.8 Å². The minimum atomic E-state index is -2.34. The molecule has 2 saturated heterocycles. The van der Waals surface area contributed by atoms with Gasteiger partial charge in [-0.2, -0.15) is 0 Å². The molecule has 0 unspecified atom stereocenters. The first kappa shape index (κ1) is 18.9. The zero-order chi connectivity index (χ0) is 17.4. The molecule has 0 bridgehead atoms. The van der Waals surface area contributed by atoms with Gasteiger partial charge in [-0.3, -0.25) is 0 Å². The molecule has 0 spiro atoms. The van der Waals surface area contributed by atoms with E-state index in [2.05, 4.69) is 0 Å². The van der Waals surface area contributed by atoms with Crippen LogP contribution in [0.1, 0.15) is 0 Å². The first-order valence-corrected chi connectivity index (χ1v) is 7.04. The summed E-state index contributed by atoms with van der Waals surface area (Å²) in [6.45, 7) is -2.05. The Morgan fingerprint density at radius 2 is 1.52 bits per heavy atom. The average Bonchev–Trinajstić information content (AvgIpc) is 2.77. The smallest absolute Gasteiger partial charge is 0.219 e. The van der Waals surface area contributed by atoms with Crippen LogP contribution < -0.4 is 0 Å². The molecular formula is C12H22O11. The Labute approximate surface area is 130 Å². The monoisotopic (exact) mass is 342 g/mol. The summed E-state index contributed by atoms with van der Waals surface area (Å²) in [5.74, 6) is -2.34. The lowest BCUT2D eigenvalue weighted by molar-refractivity contribution is -0.310. The van der Waals surface area contributed by atoms with E-state index < -0.39 is 74.6 Å². The minimum Gasteiger partial charge on any atom is -0.394 e. The molecule has 136 valence electrons. The molecule has 0 radical (unpaired) electrons. The van der Waals surface area contributed by atoms with Crippen molar-refractivity contribution in [3.8, 4) is 0 Å². The van der Waals surface area contributed by atoms with E-state index in [0.29, 0.717) is 0 Å². The molecule has 0 aromatic carbocycles. The fourth-order valence-corrected chi connectivity index (χ4v) is 2.53. The van der Waals surface area contributed by atoms with Crippen LogP contribution in [-0.4, -0.2) is 115 Å². The zero-order valence-corrected chi connectivity index (χ0v) is 12.0. The molecular weight excluding hydrogens is 320 g/mol. The van der Waals surface area contributed by atoms with Gasteiger partial charge in [0.05, 0.1) is 19.8 Å². The summed E-state index contributed by atoms with van der Waals surface area (Å²) in [6.07, 6.45) is -12.0. The van der Waals surface area contributed by atoms with Crippen LogP contribution in [0.25, 0.3) is 0 Å². The van der Waals surface area contributed by atoms with Gasteiger partial charge in [-0.1, -0.05) is 0 Å². The lowest BCUT2D eigenvalue weighted by Gasteiger charge is -2.39. The summed E-state index contributed by atoms with van der Waals surface area (Å²) in [6, 6.07) is 0. The van der Waals surface area contributed by atoms with E-state index in [1.165, 1.54) is 0 Å². The Balaban J connectivity index is 1.95. The van der Waals surface area contributed by atoms with Gasteiger partial charge in [-0.15, -0.1) is 0 Å². The number of hydrogen-bond acceptors (Lipinski definition) is 11. The van der Waals surface area contributed by atoms with E-state index in [1.807, 2.05) is 0 Å². The van der Waals surface area contributed by atoms with Crippen molar-refractivity contribution in [3.05, 3.63) is 0 Å². The third-order valence-corrected chi connectivity index (χ3v) is 4.02. The van der Waals surface area contributed by atoms with E-state index in [-0.39, 0.29) is 0 Å². The van der Waals surface area contributed by atoms with Crippen LogP contribution >= 0.6 is 0 Å². The van der Waals surface area contributed by atoms with Crippen LogP contribution in [0.4, 0.5) is 0 Å². The van der Waals surface area contributed by atoms with Crippen LogP contribution in [0.15, 0.2) is 0 Å². The standard InChI is InChI=1S/C12H22O11/c13-1-4-6(15)8(17)9(18)11(22-4)21-2-5-7(16)10(19)12(20,3-14)23-5/h4-11,13-20H,1-3H2/t4-,5+,6+,7+,8+,9+,10-,11-,12-/m0/s1. The van der Waals surface area contributed by atoms with E-state index in [0.717, 1.165) is 0 Å². The Kier molecular flexibility index (Phi) is 5.92. The van der Waals surface area contributed by atoms with Gasteiger partial charge in [0.25, 0.3) is 0 Å². The SMILES string of the molecule is OC[C@@H]1O[C@H](OC[C@H]2O[C@@](O)(CO)[C@@H](O)[C@@H]2O)[C@H](O)[C@H](O)[C@@H]1O. The van der Waals surface area contributed by atoms with E-state index in [4.69, 9.17) is 24.4 Å². The molecule has 11 nitrogen and oxygen atoms in total. The predicted octanol–water partition coefficient (Wildman–Crippen LogP) is -5.40. The van der Waals surface area contributed by atoms with Gasteiger partial charge in [0.1, 0.15) is 42.7 Å². The van der Waals surface area contributed by atoms with E-state index >= 15 is 0 Å². The van der Waals surface area contributed by atoms with Gasteiger partial charge in [0.15, 0.2) is 6.29 Å². The van der Waals surface area contributed by atoms with Gasteiger partial charge in [-0.05, 0) is 0 Å². The van der Waals surface area contributed by atoms with Crippen LogP contribution in [0.2, 0.25) is 0 Å². The van der Waals surface area contributed by atoms with Crippen molar-refractivity contribution >= 4 is 0 Å². The molecule has 23 heavy (non-hydrogen) atoms. The van der Waals surface area contributed by atoms with Gasteiger partial charge in [-0.25, -0.2) is 0 Å². The maximum atomic E-state index is 9.78. The van der Waals surface area contributed by atoms with Crippen LogP contribution in [0.3, 0.4) is 0 Å². The maximum Gasteiger partial charge on any atom is 0.219 e. The second-order valence-corrected chi connectivity index (χ2v) is 5.63. The Morgan fingerprint density at radius 1 is 0.870 bits per heavy atom. The van der Waals surface area contributed by atoms with Crippen molar-refractivity contribution in [2.24, 2.45) is 0 Å². The molecule has 2 heterocycles. The largest absolute Gasteiger partial charge is 0.394 e. The number of hydrogen-bond donors (Lipinski definition) is 8. The number of ether oxygens (including phenoxy) is 3. The molecule has 0 amide bonds. The molecule has 0 aliphatic carbocycles. The van der Waals surface area contributed by atoms with Crippen molar-refractivity contribution in [3.63, 3.8) is 0 Å². The molecule has 0 aromatic rings. The third-order valence-electron chi connectivity index (χ3n) is 4.02. The summed E-state index contributed by atoms with van der Waals surface area (Å²) in [5, 5.41) is 76.1. The summed E-state index contributed by atoms with van der Waals surface area (Å²) in [5.41, 5.74) is 0. The fourth-order valence-electron chi connectivity index (χ4n) is 2.53. The van der Waals surface area contributed by atoms with Crippen molar-refractivity contribution in [1.29, 1.82) is 0 Å². The van der Waals surface area contributed by atoms with Crippen molar-refractivity contribution in [2.45, 2.75) is 54.8 Å². The second-order valence-electron chi connectivity index (χ2n) is 5.63. The van der Waals surface area contributed by atoms with Gasteiger partial charge < -0.3 is 55.1 Å². The molecule has 0 saturated carbocycles. The highest BCUT2D eigenvalue weighted by Crippen LogP contribution is 2.30. The number of aliphatic hydroxyl groups is 8. The molecule has 2 aliphatic rings. The molecule has 9 atom stereocenters. The molecule has 2 rings (SSSR count). The first-order valence-electron chi connectivity index (χ1n) is 7.04. The Hall–Kier alpha value is -0.440. The molecule has 0 aromatic heterocycles. The maximum absolute atomic E-state index is 9.78. The lowest BCUT2D eigenvalue weighted by atomic mass is 9.99. The molecule has 11 heteroatoms. The quantitative estimate of drug-likeness (QED) is 0.238. The van der Waals surface area contributed by atoms with Crippen molar-refractivity contribution < 1.29 is 55.1 Å². The second kappa shape index (κ2) is 7.21. The zero-order valence-electron chi connectivity index (χ0n) is 12.0. The van der Waals surface area contributed by atoms with Crippen molar-refractivity contribution in [1.82, 2.24) is 0 Å². The highest BCUT2D eigenvalue weighted by molar-refractivity contribution is 4.95. The van der Waals surface area contributed by atoms with Crippen LogP contribution in [0, 0.1) is 0 Å². The highest BCUT2D eigenvalue weighted by Gasteiger charge is 2.53. The summed E-state index contributed by atoms with van der Waals surface area (Å²) in [4.78, 5) is 0. The first-order chi connectivity index (χ1) is 10.7. The minimum absolute atomic E-state index is 0.469. The Bertz CT molecular complexity index is 393. The van der Waals surface area contributed by atoms with Gasteiger partial charge >= 0.3 is 0 Å². The molecule has 2 fully saturated rings. The normalized spacial score (nSPS) is 51.1. The van der Waals surface area contributed by atoms with Crippen LogP contribution in [-0.2, 0) is 14.2 Å². The van der Waals surface area contributed by atoms with E-state index in [9.17, 15) is 30.6 Å². The predicted molar refractivity (Wildman–Crippen MR) is 68.6 cm³/mol. The number of aliphatic hydroxyl groups excluding tert-OH is 7. The highest BCUT2D eigenvalue weighted by atomic mass is 16.7. The molecule has 2 aliphatic heterocycles. The summed E-state index contributed by atoms with van der Waals surface area (Å²) in [7, 11) is 0. The average molecular weight is 342 g/mol. The lowest BCUT2D eigenvalue weighted by Crippen LogP contribution is -2.59. The van der Waals surface area contributed by atoms with E-state index in [1.54, 1.807) is 0 Å². The van der Waals surface area contributed by atoms with Gasteiger partial charge in [0, 0.05) is 0 Å². The Morgan fingerprint density at radius 3 is 2.04 bits per heavy atom. The fraction of sp³-hybridized carbons (Fsp3) is 1.00. The topological polar surface area (TPSA) is 190 Å². The molecule has 8 N–H and O–H groups in total. The number of rotatable bonds is 5. The van der Waals surface area contributed by atoms with Crippen LogP contribution in [0.5, 0.6) is 0 Å². The third kappa shape index (κ3) is 3.50. The summed E-state index contributed by atoms with van der Waals surface area (Å²) < 4.78 is 15.2.